The highest BCUT2D eigenvalue weighted by atomic mass is 79.9. The molecule has 144 valence electrons. The number of rotatable bonds is 5. The fourth-order valence-electron chi connectivity index (χ4n) is 3.09. The van der Waals surface area contributed by atoms with Crippen LogP contribution in [0.2, 0.25) is 0 Å². The molecule has 2 N–H and O–H groups in total. The van der Waals surface area contributed by atoms with Crippen LogP contribution in [0, 0.1) is 0 Å². The molecule has 1 heterocycles. The van der Waals surface area contributed by atoms with Gasteiger partial charge < -0.3 is 24.4 Å². The van der Waals surface area contributed by atoms with Crippen LogP contribution in [0.15, 0.2) is 34.8 Å². The number of hydrogen-bond donors (Lipinski definition) is 2. The molecule has 2 aromatic carbocycles. The van der Waals surface area contributed by atoms with Crippen molar-refractivity contribution in [2.45, 2.75) is 29.7 Å². The molecule has 1 saturated heterocycles. The number of carboxylic acids is 2. The summed E-state index contributed by atoms with van der Waals surface area (Å²) in [6.45, 7) is 1.71. The van der Waals surface area contributed by atoms with Crippen LogP contribution < -0.4 is 4.74 Å². The molecule has 0 amide bonds. The van der Waals surface area contributed by atoms with E-state index in [0.717, 1.165) is 15.2 Å². The molecule has 0 bridgehead atoms. The molecule has 3 atom stereocenters. The summed E-state index contributed by atoms with van der Waals surface area (Å²) < 4.78 is 17.4. The zero-order chi connectivity index (χ0) is 19.9. The normalized spacial score (nSPS) is 26.1. The first-order valence-electron chi connectivity index (χ1n) is 7.93. The van der Waals surface area contributed by atoms with E-state index in [4.69, 9.17) is 14.2 Å². The van der Waals surface area contributed by atoms with E-state index in [2.05, 4.69) is 31.9 Å². The maximum Gasteiger partial charge on any atom is 0.336 e. The lowest BCUT2D eigenvalue weighted by molar-refractivity contribution is -0.191. The minimum atomic E-state index is -1.62. The molecule has 0 aromatic heterocycles. The van der Waals surface area contributed by atoms with Crippen molar-refractivity contribution in [3.8, 4) is 5.75 Å². The molecule has 0 aliphatic carbocycles. The molecule has 1 aliphatic rings. The van der Waals surface area contributed by atoms with Crippen LogP contribution in [0.1, 0.15) is 12.5 Å². The van der Waals surface area contributed by atoms with Gasteiger partial charge in [-0.25, -0.2) is 9.59 Å². The first kappa shape index (κ1) is 20.1. The Morgan fingerprint density at radius 1 is 1.15 bits per heavy atom. The number of halogens is 2. The number of aliphatic carboxylic acids is 2. The lowest BCUT2D eigenvalue weighted by Gasteiger charge is -2.31. The SMILES string of the molecule is COc1ccc2cc(C3(C(C)Br)OC(C(=O)O)C(C(=O)O)O3)ccc2c1Br. The van der Waals surface area contributed by atoms with E-state index in [1.54, 1.807) is 32.2 Å². The van der Waals surface area contributed by atoms with E-state index >= 15 is 0 Å². The van der Waals surface area contributed by atoms with Gasteiger partial charge in [0, 0.05) is 5.56 Å². The van der Waals surface area contributed by atoms with Crippen LogP contribution in [0.3, 0.4) is 0 Å². The topological polar surface area (TPSA) is 102 Å². The van der Waals surface area contributed by atoms with E-state index in [-0.39, 0.29) is 0 Å². The van der Waals surface area contributed by atoms with E-state index < -0.39 is 34.8 Å². The van der Waals surface area contributed by atoms with Crippen molar-refractivity contribution >= 4 is 54.6 Å². The molecular formula is C18H16Br2O7. The number of carbonyl (C=O) groups is 2. The minimum absolute atomic E-state index is 0.506. The van der Waals surface area contributed by atoms with Crippen LogP contribution >= 0.6 is 31.9 Å². The Bertz CT molecular complexity index is 890. The minimum Gasteiger partial charge on any atom is -0.496 e. The Morgan fingerprint density at radius 2 is 1.74 bits per heavy atom. The Labute approximate surface area is 171 Å². The number of alkyl halides is 1. The summed E-state index contributed by atoms with van der Waals surface area (Å²) >= 11 is 6.88. The molecule has 0 spiro atoms. The average molecular weight is 504 g/mol. The third-order valence-corrected chi connectivity index (χ3v) is 5.85. The quantitative estimate of drug-likeness (QED) is 0.602. The summed E-state index contributed by atoms with van der Waals surface area (Å²) in [6.07, 6.45) is -3.25. The maximum atomic E-state index is 11.5. The zero-order valence-electron chi connectivity index (χ0n) is 14.3. The lowest BCUT2D eigenvalue weighted by Crippen LogP contribution is -2.37. The van der Waals surface area contributed by atoms with Gasteiger partial charge in [0.25, 0.3) is 0 Å². The van der Waals surface area contributed by atoms with Crippen molar-refractivity contribution in [1.82, 2.24) is 0 Å². The predicted molar refractivity (Wildman–Crippen MR) is 103 cm³/mol. The van der Waals surface area contributed by atoms with Gasteiger partial charge in [0.05, 0.1) is 16.4 Å². The zero-order valence-corrected chi connectivity index (χ0v) is 17.5. The van der Waals surface area contributed by atoms with Crippen LogP contribution in [0.25, 0.3) is 10.8 Å². The van der Waals surface area contributed by atoms with Crippen LogP contribution in [-0.2, 0) is 24.8 Å². The van der Waals surface area contributed by atoms with Crippen molar-refractivity contribution in [3.63, 3.8) is 0 Å². The van der Waals surface area contributed by atoms with Crippen molar-refractivity contribution in [3.05, 3.63) is 40.4 Å². The number of carboxylic acid groups (broad SMARTS) is 2. The summed E-state index contributed by atoms with van der Waals surface area (Å²) in [7, 11) is 1.57. The molecule has 3 unspecified atom stereocenters. The molecule has 1 aliphatic heterocycles. The van der Waals surface area contributed by atoms with Gasteiger partial charge in [0.1, 0.15) is 5.75 Å². The van der Waals surface area contributed by atoms with Gasteiger partial charge in [-0.2, -0.15) is 0 Å². The second-order valence-electron chi connectivity index (χ2n) is 6.05. The van der Waals surface area contributed by atoms with Crippen molar-refractivity contribution < 1.29 is 34.0 Å². The van der Waals surface area contributed by atoms with Crippen molar-refractivity contribution in [2.24, 2.45) is 0 Å². The van der Waals surface area contributed by atoms with Gasteiger partial charge in [0.15, 0.2) is 12.2 Å². The van der Waals surface area contributed by atoms with Crippen molar-refractivity contribution in [2.75, 3.05) is 7.11 Å². The van der Waals surface area contributed by atoms with Gasteiger partial charge in [-0.15, -0.1) is 0 Å². The fourth-order valence-corrected chi connectivity index (χ4v) is 4.22. The maximum absolute atomic E-state index is 11.5. The number of benzene rings is 2. The van der Waals surface area contributed by atoms with Gasteiger partial charge in [-0.1, -0.05) is 34.1 Å². The molecule has 0 saturated carbocycles. The highest BCUT2D eigenvalue weighted by Crippen LogP contribution is 2.45. The predicted octanol–water partition coefficient (Wildman–Crippen LogP) is 3.50. The number of fused-ring (bicyclic) bond motifs is 1. The second kappa shape index (κ2) is 7.38. The smallest absolute Gasteiger partial charge is 0.336 e. The third kappa shape index (κ3) is 3.33. The van der Waals surface area contributed by atoms with Gasteiger partial charge >= 0.3 is 11.9 Å². The van der Waals surface area contributed by atoms with Crippen LogP contribution in [0.5, 0.6) is 5.75 Å². The Kier molecular flexibility index (Phi) is 5.49. The molecule has 2 aromatic rings. The summed E-state index contributed by atoms with van der Waals surface area (Å²) in [5.74, 6) is -3.69. The Hall–Kier alpha value is -1.68. The molecule has 9 heteroatoms. The monoisotopic (exact) mass is 502 g/mol. The van der Waals surface area contributed by atoms with Gasteiger partial charge in [-0.05, 0) is 45.8 Å². The first-order chi connectivity index (χ1) is 12.7. The molecule has 7 nitrogen and oxygen atoms in total. The number of ether oxygens (including phenoxy) is 3. The van der Waals surface area contributed by atoms with E-state index in [9.17, 15) is 19.8 Å². The van der Waals surface area contributed by atoms with Crippen LogP contribution in [0.4, 0.5) is 0 Å². The molecule has 0 radical (unpaired) electrons. The Balaban J connectivity index is 2.13. The average Bonchev–Trinajstić information content (AvgIpc) is 3.05. The fraction of sp³-hybridized carbons (Fsp3) is 0.333. The standard InChI is InChI=1S/C18H16Br2O7/c1-8(19)18(26-14(16(21)22)15(27-18)17(23)24)10-4-5-11-9(7-10)3-6-12(25-2)13(11)20/h3-8,14-15H,1-2H3,(H,21,22)(H,23,24). The Morgan fingerprint density at radius 3 is 2.22 bits per heavy atom. The summed E-state index contributed by atoms with van der Waals surface area (Å²) in [4.78, 5) is 22.4. The number of hydrogen-bond acceptors (Lipinski definition) is 5. The summed E-state index contributed by atoms with van der Waals surface area (Å²) in [5.41, 5.74) is 0.506. The third-order valence-electron chi connectivity index (χ3n) is 4.43. The van der Waals surface area contributed by atoms with Gasteiger partial charge in [-0.3, -0.25) is 0 Å². The van der Waals surface area contributed by atoms with E-state index in [0.29, 0.717) is 11.3 Å². The lowest BCUT2D eigenvalue weighted by atomic mass is 9.99. The van der Waals surface area contributed by atoms with Gasteiger partial charge in [0.2, 0.25) is 5.79 Å². The van der Waals surface area contributed by atoms with E-state index in [1.807, 2.05) is 12.1 Å². The van der Waals surface area contributed by atoms with Crippen LogP contribution in [-0.4, -0.2) is 46.3 Å². The number of methoxy groups -OCH3 is 1. The highest BCUT2D eigenvalue weighted by molar-refractivity contribution is 9.10. The summed E-state index contributed by atoms with van der Waals surface area (Å²) in [5, 5.41) is 20.4. The summed E-state index contributed by atoms with van der Waals surface area (Å²) in [6, 6.07) is 8.93. The van der Waals surface area contributed by atoms with Crippen molar-refractivity contribution in [1.29, 1.82) is 0 Å². The second-order valence-corrected chi connectivity index (χ2v) is 8.22. The molecule has 27 heavy (non-hydrogen) atoms. The van der Waals surface area contributed by atoms with E-state index in [1.165, 1.54) is 0 Å². The first-order valence-corrected chi connectivity index (χ1v) is 9.64. The molecular weight excluding hydrogens is 488 g/mol. The largest absolute Gasteiger partial charge is 0.496 e. The molecule has 3 rings (SSSR count). The molecule has 1 fully saturated rings. The highest BCUT2D eigenvalue weighted by Gasteiger charge is 2.57.